The summed E-state index contributed by atoms with van der Waals surface area (Å²) < 4.78 is 33.9. The van der Waals surface area contributed by atoms with Crippen molar-refractivity contribution in [2.24, 2.45) is 7.05 Å². The molecule has 0 spiro atoms. The predicted octanol–water partition coefficient (Wildman–Crippen LogP) is 0.110. The van der Waals surface area contributed by atoms with Gasteiger partial charge >= 0.3 is 0 Å². The first-order chi connectivity index (χ1) is 8.68. The molecule has 7 nitrogen and oxygen atoms in total. The Balaban J connectivity index is 2.53. The zero-order valence-electron chi connectivity index (χ0n) is 11.7. The van der Waals surface area contributed by atoms with E-state index in [0.29, 0.717) is 25.5 Å². The molecule has 0 aromatic carbocycles. The van der Waals surface area contributed by atoms with Crippen molar-refractivity contribution in [3.05, 3.63) is 5.69 Å². The summed E-state index contributed by atoms with van der Waals surface area (Å²) in [6.45, 7) is 6.46. The molecule has 1 aromatic heterocycles. The molecule has 108 valence electrons. The number of ether oxygens (including phenoxy) is 1. The van der Waals surface area contributed by atoms with Gasteiger partial charge in [0.1, 0.15) is 4.90 Å². The number of sulfonamides is 1. The number of morpholine rings is 1. The minimum absolute atomic E-state index is 0.0438. The van der Waals surface area contributed by atoms with Crippen LogP contribution in [-0.4, -0.2) is 47.8 Å². The van der Waals surface area contributed by atoms with Crippen LogP contribution in [0, 0.1) is 6.92 Å². The van der Waals surface area contributed by atoms with E-state index in [1.165, 1.54) is 8.99 Å². The first-order valence-corrected chi connectivity index (χ1v) is 7.51. The van der Waals surface area contributed by atoms with E-state index in [1.807, 2.05) is 13.8 Å². The van der Waals surface area contributed by atoms with Crippen molar-refractivity contribution in [1.29, 1.82) is 0 Å². The van der Waals surface area contributed by atoms with E-state index in [4.69, 9.17) is 10.5 Å². The van der Waals surface area contributed by atoms with Gasteiger partial charge in [-0.2, -0.15) is 9.40 Å². The van der Waals surface area contributed by atoms with Gasteiger partial charge in [0.2, 0.25) is 10.0 Å². The Kier molecular flexibility index (Phi) is 3.36. The van der Waals surface area contributed by atoms with Gasteiger partial charge in [-0.1, -0.05) is 0 Å². The number of anilines is 1. The van der Waals surface area contributed by atoms with Crippen LogP contribution in [0.4, 0.5) is 5.82 Å². The van der Waals surface area contributed by atoms with Gasteiger partial charge in [0, 0.05) is 13.6 Å². The van der Waals surface area contributed by atoms with E-state index in [0.717, 1.165) is 0 Å². The molecule has 1 aliphatic rings. The monoisotopic (exact) mass is 288 g/mol. The number of nitrogens with zero attached hydrogens (tertiary/aromatic N) is 3. The maximum absolute atomic E-state index is 12.8. The van der Waals surface area contributed by atoms with E-state index in [-0.39, 0.29) is 10.7 Å². The van der Waals surface area contributed by atoms with Crippen molar-refractivity contribution < 1.29 is 13.2 Å². The lowest BCUT2D eigenvalue weighted by Crippen LogP contribution is -2.55. The van der Waals surface area contributed by atoms with Crippen LogP contribution in [0.5, 0.6) is 0 Å². The minimum Gasteiger partial charge on any atom is -0.381 e. The van der Waals surface area contributed by atoms with Gasteiger partial charge in [0.05, 0.1) is 24.4 Å². The van der Waals surface area contributed by atoms with Gasteiger partial charge in [-0.3, -0.25) is 4.68 Å². The summed E-state index contributed by atoms with van der Waals surface area (Å²) in [6, 6.07) is 0. The smallest absolute Gasteiger partial charge is 0.249 e. The summed E-state index contributed by atoms with van der Waals surface area (Å²) in [5.41, 5.74) is 5.70. The molecule has 0 atom stereocenters. The summed E-state index contributed by atoms with van der Waals surface area (Å²) in [5.74, 6) is 0.0438. The van der Waals surface area contributed by atoms with Gasteiger partial charge < -0.3 is 10.5 Å². The fourth-order valence-corrected chi connectivity index (χ4v) is 4.38. The SMILES string of the molecule is Cc1c(S(=O)(=O)N2CCOCC2(C)C)c(N)nn1C. The number of hydrogen-bond donors (Lipinski definition) is 1. The second-order valence-electron chi connectivity index (χ2n) is 5.37. The van der Waals surface area contributed by atoms with Crippen LogP contribution >= 0.6 is 0 Å². The Morgan fingerprint density at radius 2 is 2.05 bits per heavy atom. The van der Waals surface area contributed by atoms with Crippen molar-refractivity contribution in [3.8, 4) is 0 Å². The first-order valence-electron chi connectivity index (χ1n) is 6.07. The van der Waals surface area contributed by atoms with Crippen molar-refractivity contribution in [2.75, 3.05) is 25.5 Å². The third-order valence-electron chi connectivity index (χ3n) is 3.42. The molecule has 2 rings (SSSR count). The fourth-order valence-electron chi connectivity index (χ4n) is 2.33. The molecule has 0 amide bonds. The Morgan fingerprint density at radius 3 is 2.53 bits per heavy atom. The summed E-state index contributed by atoms with van der Waals surface area (Å²) in [4.78, 5) is 0.102. The van der Waals surface area contributed by atoms with E-state index < -0.39 is 15.6 Å². The highest BCUT2D eigenvalue weighted by Gasteiger charge is 2.42. The molecular weight excluding hydrogens is 268 g/mol. The third-order valence-corrected chi connectivity index (χ3v) is 5.70. The highest BCUT2D eigenvalue weighted by Crippen LogP contribution is 2.31. The normalized spacial score (nSPS) is 20.6. The molecule has 1 aliphatic heterocycles. The highest BCUT2D eigenvalue weighted by atomic mass is 32.2. The van der Waals surface area contributed by atoms with Gasteiger partial charge in [0.25, 0.3) is 0 Å². The molecule has 2 N–H and O–H groups in total. The number of nitrogens with two attached hydrogens (primary N) is 1. The molecule has 19 heavy (non-hydrogen) atoms. The predicted molar refractivity (Wildman–Crippen MR) is 71.1 cm³/mol. The van der Waals surface area contributed by atoms with E-state index in [9.17, 15) is 8.42 Å². The molecule has 1 saturated heterocycles. The molecule has 0 saturated carbocycles. The Morgan fingerprint density at radius 1 is 1.42 bits per heavy atom. The quantitative estimate of drug-likeness (QED) is 0.834. The maximum Gasteiger partial charge on any atom is 0.249 e. The second-order valence-corrected chi connectivity index (χ2v) is 7.16. The second kappa shape index (κ2) is 4.46. The number of rotatable bonds is 2. The summed E-state index contributed by atoms with van der Waals surface area (Å²) in [5, 5.41) is 3.98. The molecule has 8 heteroatoms. The number of nitrogen functional groups attached to an aromatic ring is 1. The topological polar surface area (TPSA) is 90.4 Å². The fraction of sp³-hybridized carbons (Fsp3) is 0.727. The molecule has 0 aliphatic carbocycles. The van der Waals surface area contributed by atoms with Gasteiger partial charge in [-0.05, 0) is 20.8 Å². The standard InChI is InChI=1S/C11H20N4O3S/c1-8-9(10(12)13-14(8)4)19(16,17)15-5-6-18-7-11(15,2)3/h5-7H2,1-4H3,(H2,12,13). The highest BCUT2D eigenvalue weighted by molar-refractivity contribution is 7.89. The van der Waals surface area contributed by atoms with Crippen molar-refractivity contribution in [1.82, 2.24) is 14.1 Å². The van der Waals surface area contributed by atoms with Crippen molar-refractivity contribution >= 4 is 15.8 Å². The Bertz CT molecular complexity index is 591. The van der Waals surface area contributed by atoms with Gasteiger partial charge in [-0.15, -0.1) is 0 Å². The molecule has 0 unspecified atom stereocenters. The molecule has 0 bridgehead atoms. The number of aromatic nitrogens is 2. The van der Waals surface area contributed by atoms with Crippen molar-refractivity contribution in [3.63, 3.8) is 0 Å². The van der Waals surface area contributed by atoms with E-state index in [1.54, 1.807) is 14.0 Å². The van der Waals surface area contributed by atoms with Gasteiger partial charge in [0.15, 0.2) is 5.82 Å². The minimum atomic E-state index is -3.67. The summed E-state index contributed by atoms with van der Waals surface area (Å²) in [6.07, 6.45) is 0. The number of aryl methyl sites for hydroxylation is 1. The molecule has 2 heterocycles. The lowest BCUT2D eigenvalue weighted by Gasteiger charge is -2.40. The van der Waals surface area contributed by atoms with Crippen LogP contribution in [0.2, 0.25) is 0 Å². The largest absolute Gasteiger partial charge is 0.381 e. The number of hydrogen-bond acceptors (Lipinski definition) is 5. The average Bonchev–Trinajstić information content (AvgIpc) is 2.52. The lowest BCUT2D eigenvalue weighted by atomic mass is 10.1. The Hall–Kier alpha value is -1.12. The van der Waals surface area contributed by atoms with Crippen LogP contribution in [-0.2, 0) is 21.8 Å². The van der Waals surface area contributed by atoms with E-state index >= 15 is 0 Å². The van der Waals surface area contributed by atoms with Crippen LogP contribution in [0.3, 0.4) is 0 Å². The lowest BCUT2D eigenvalue weighted by molar-refractivity contribution is -0.00770. The third kappa shape index (κ3) is 2.24. The van der Waals surface area contributed by atoms with Gasteiger partial charge in [-0.25, -0.2) is 8.42 Å². The summed E-state index contributed by atoms with van der Waals surface area (Å²) >= 11 is 0. The van der Waals surface area contributed by atoms with Crippen LogP contribution < -0.4 is 5.73 Å². The Labute approximate surface area is 113 Å². The molecule has 0 radical (unpaired) electrons. The van der Waals surface area contributed by atoms with E-state index in [2.05, 4.69) is 5.10 Å². The molecular formula is C11H20N4O3S. The molecule has 1 fully saturated rings. The zero-order valence-corrected chi connectivity index (χ0v) is 12.5. The zero-order chi connectivity index (χ0) is 14.4. The van der Waals surface area contributed by atoms with Crippen LogP contribution in [0.1, 0.15) is 19.5 Å². The van der Waals surface area contributed by atoms with Crippen LogP contribution in [0.25, 0.3) is 0 Å². The van der Waals surface area contributed by atoms with Crippen molar-refractivity contribution in [2.45, 2.75) is 31.2 Å². The molecule has 1 aromatic rings. The van der Waals surface area contributed by atoms with Crippen LogP contribution in [0.15, 0.2) is 4.90 Å². The maximum atomic E-state index is 12.8. The first kappa shape index (κ1) is 14.3. The summed E-state index contributed by atoms with van der Waals surface area (Å²) in [7, 11) is -1.99. The average molecular weight is 288 g/mol.